The molecular weight excluding hydrogens is 269 g/mol. The van der Waals surface area contributed by atoms with Crippen LogP contribution in [-0.2, 0) is 0 Å². The zero-order valence-electron chi connectivity index (χ0n) is 12.8. The minimum absolute atomic E-state index is 0.0242. The molecule has 1 heterocycles. The molecule has 2 rings (SSSR count). The van der Waals surface area contributed by atoms with Gasteiger partial charge in [-0.3, -0.25) is 9.69 Å². The molecule has 0 atom stereocenters. The maximum absolute atomic E-state index is 12.9. The molecule has 1 saturated heterocycles. The smallest absolute Gasteiger partial charge is 0.253 e. The lowest BCUT2D eigenvalue weighted by Crippen LogP contribution is -2.46. The van der Waals surface area contributed by atoms with Crippen LogP contribution in [-0.4, -0.2) is 54.0 Å². The molecule has 116 valence electrons. The van der Waals surface area contributed by atoms with Gasteiger partial charge in [0.2, 0.25) is 0 Å². The van der Waals surface area contributed by atoms with Gasteiger partial charge in [-0.1, -0.05) is 0 Å². The van der Waals surface area contributed by atoms with Crippen LogP contribution < -0.4 is 5.73 Å². The predicted octanol–water partition coefficient (Wildman–Crippen LogP) is 1.71. The van der Waals surface area contributed by atoms with Crippen molar-refractivity contribution in [2.45, 2.75) is 25.8 Å². The van der Waals surface area contributed by atoms with Crippen LogP contribution in [0.5, 0.6) is 0 Å². The fraction of sp³-hybridized carbons (Fsp3) is 0.562. The SMILES string of the molecule is CC(C)(N)CN1CCCN(C(=O)c2ccc(F)cc2)CC1. The van der Waals surface area contributed by atoms with Gasteiger partial charge in [-0.25, -0.2) is 4.39 Å². The standard InChI is InChI=1S/C16H24FN3O/c1-16(2,18)12-19-8-3-9-20(11-10-19)15(21)13-4-6-14(17)7-5-13/h4-7H,3,8-12,18H2,1-2H3. The first kappa shape index (κ1) is 15.9. The van der Waals surface area contributed by atoms with E-state index in [-0.39, 0.29) is 17.3 Å². The zero-order valence-corrected chi connectivity index (χ0v) is 12.8. The van der Waals surface area contributed by atoms with E-state index >= 15 is 0 Å². The number of amides is 1. The van der Waals surface area contributed by atoms with Crippen molar-refractivity contribution in [1.82, 2.24) is 9.80 Å². The molecule has 5 heteroatoms. The number of halogens is 1. The van der Waals surface area contributed by atoms with E-state index in [9.17, 15) is 9.18 Å². The summed E-state index contributed by atoms with van der Waals surface area (Å²) in [5, 5.41) is 0. The Hall–Kier alpha value is -1.46. The molecule has 21 heavy (non-hydrogen) atoms. The maximum Gasteiger partial charge on any atom is 0.253 e. The maximum atomic E-state index is 12.9. The lowest BCUT2D eigenvalue weighted by atomic mass is 10.1. The second-order valence-corrected chi connectivity index (χ2v) is 6.42. The van der Waals surface area contributed by atoms with Gasteiger partial charge in [-0.2, -0.15) is 0 Å². The van der Waals surface area contributed by atoms with E-state index in [0.29, 0.717) is 12.1 Å². The van der Waals surface area contributed by atoms with E-state index in [2.05, 4.69) is 4.90 Å². The summed E-state index contributed by atoms with van der Waals surface area (Å²) < 4.78 is 12.9. The third-order valence-corrected chi connectivity index (χ3v) is 3.60. The molecule has 1 aliphatic rings. The molecule has 0 unspecified atom stereocenters. The molecule has 0 saturated carbocycles. The van der Waals surface area contributed by atoms with Gasteiger partial charge in [0.05, 0.1) is 0 Å². The molecule has 0 spiro atoms. The minimum atomic E-state index is -0.321. The number of hydrogen-bond acceptors (Lipinski definition) is 3. The fourth-order valence-electron chi connectivity index (χ4n) is 2.68. The van der Waals surface area contributed by atoms with Gasteiger partial charge in [0.1, 0.15) is 5.82 Å². The molecule has 0 aromatic heterocycles. The number of benzene rings is 1. The van der Waals surface area contributed by atoms with E-state index in [1.807, 2.05) is 18.7 Å². The summed E-state index contributed by atoms with van der Waals surface area (Å²) in [5.41, 5.74) is 6.38. The van der Waals surface area contributed by atoms with Crippen LogP contribution >= 0.6 is 0 Å². The summed E-state index contributed by atoms with van der Waals surface area (Å²) in [6, 6.07) is 5.75. The lowest BCUT2D eigenvalue weighted by molar-refractivity contribution is 0.0760. The molecule has 0 aliphatic carbocycles. The van der Waals surface area contributed by atoms with Crippen molar-refractivity contribution in [2.24, 2.45) is 5.73 Å². The van der Waals surface area contributed by atoms with Crippen LogP contribution in [0, 0.1) is 5.82 Å². The van der Waals surface area contributed by atoms with Crippen molar-refractivity contribution in [3.63, 3.8) is 0 Å². The quantitative estimate of drug-likeness (QED) is 0.923. The van der Waals surface area contributed by atoms with Crippen LogP contribution in [0.3, 0.4) is 0 Å². The Labute approximate surface area is 125 Å². The Kier molecular flexibility index (Phi) is 4.96. The van der Waals surface area contributed by atoms with Crippen molar-refractivity contribution >= 4 is 5.91 Å². The first-order chi connectivity index (χ1) is 9.85. The van der Waals surface area contributed by atoms with E-state index in [1.54, 1.807) is 12.1 Å². The topological polar surface area (TPSA) is 49.6 Å². The summed E-state index contributed by atoms with van der Waals surface area (Å²) in [6.07, 6.45) is 0.934. The van der Waals surface area contributed by atoms with Crippen molar-refractivity contribution < 1.29 is 9.18 Å². The average Bonchev–Trinajstić information content (AvgIpc) is 2.62. The molecule has 4 nitrogen and oxygen atoms in total. The minimum Gasteiger partial charge on any atom is -0.337 e. The zero-order chi connectivity index (χ0) is 15.5. The molecule has 1 aliphatic heterocycles. The van der Waals surface area contributed by atoms with Gasteiger partial charge in [0.25, 0.3) is 5.91 Å². The fourth-order valence-corrected chi connectivity index (χ4v) is 2.68. The lowest BCUT2D eigenvalue weighted by Gasteiger charge is -2.28. The van der Waals surface area contributed by atoms with Crippen LogP contribution in [0.25, 0.3) is 0 Å². The third kappa shape index (κ3) is 4.79. The van der Waals surface area contributed by atoms with Gasteiger partial charge in [0.15, 0.2) is 0 Å². The van der Waals surface area contributed by atoms with Gasteiger partial charge in [-0.15, -0.1) is 0 Å². The van der Waals surface area contributed by atoms with Crippen LogP contribution in [0.15, 0.2) is 24.3 Å². The Morgan fingerprint density at radius 3 is 2.48 bits per heavy atom. The monoisotopic (exact) mass is 293 g/mol. The van der Waals surface area contributed by atoms with E-state index < -0.39 is 0 Å². The molecule has 1 fully saturated rings. The summed E-state index contributed by atoms with van der Waals surface area (Å²) in [6.45, 7) is 8.05. The van der Waals surface area contributed by atoms with E-state index in [0.717, 1.165) is 32.6 Å². The Balaban J connectivity index is 1.96. The first-order valence-corrected chi connectivity index (χ1v) is 7.41. The number of nitrogens with two attached hydrogens (primary N) is 1. The molecule has 1 amide bonds. The molecule has 2 N–H and O–H groups in total. The average molecular weight is 293 g/mol. The van der Waals surface area contributed by atoms with E-state index in [4.69, 9.17) is 5.73 Å². The third-order valence-electron chi connectivity index (χ3n) is 3.60. The highest BCUT2D eigenvalue weighted by molar-refractivity contribution is 5.94. The molecular formula is C16H24FN3O. The van der Waals surface area contributed by atoms with Crippen molar-refractivity contribution in [3.05, 3.63) is 35.6 Å². The molecule has 0 bridgehead atoms. The van der Waals surface area contributed by atoms with Crippen LogP contribution in [0.1, 0.15) is 30.6 Å². The molecule has 0 radical (unpaired) electrons. The van der Waals surface area contributed by atoms with Crippen molar-refractivity contribution in [3.8, 4) is 0 Å². The number of carbonyl (C=O) groups is 1. The Morgan fingerprint density at radius 2 is 1.86 bits per heavy atom. The van der Waals surface area contributed by atoms with Gasteiger partial charge in [0, 0.05) is 37.3 Å². The van der Waals surface area contributed by atoms with Gasteiger partial charge >= 0.3 is 0 Å². The van der Waals surface area contributed by atoms with Crippen molar-refractivity contribution in [2.75, 3.05) is 32.7 Å². The highest BCUT2D eigenvalue weighted by atomic mass is 19.1. The van der Waals surface area contributed by atoms with Crippen LogP contribution in [0.4, 0.5) is 4.39 Å². The number of hydrogen-bond donors (Lipinski definition) is 1. The second kappa shape index (κ2) is 6.54. The van der Waals surface area contributed by atoms with Crippen molar-refractivity contribution in [1.29, 1.82) is 0 Å². The highest BCUT2D eigenvalue weighted by Crippen LogP contribution is 2.12. The molecule has 1 aromatic rings. The first-order valence-electron chi connectivity index (χ1n) is 7.41. The second-order valence-electron chi connectivity index (χ2n) is 6.42. The van der Waals surface area contributed by atoms with Gasteiger partial charge < -0.3 is 10.6 Å². The molecule has 1 aromatic carbocycles. The number of rotatable bonds is 3. The highest BCUT2D eigenvalue weighted by Gasteiger charge is 2.23. The van der Waals surface area contributed by atoms with Gasteiger partial charge in [-0.05, 0) is 51.1 Å². The summed E-state index contributed by atoms with van der Waals surface area (Å²) in [5.74, 6) is -0.345. The van der Waals surface area contributed by atoms with Crippen LogP contribution in [0.2, 0.25) is 0 Å². The predicted molar refractivity (Wildman–Crippen MR) is 81.6 cm³/mol. The Bertz CT molecular complexity index is 481. The Morgan fingerprint density at radius 1 is 1.19 bits per heavy atom. The number of carbonyl (C=O) groups excluding carboxylic acids is 1. The summed E-state index contributed by atoms with van der Waals surface area (Å²) >= 11 is 0. The summed E-state index contributed by atoms with van der Waals surface area (Å²) in [7, 11) is 0. The number of nitrogens with zero attached hydrogens (tertiary/aromatic N) is 2. The summed E-state index contributed by atoms with van der Waals surface area (Å²) in [4.78, 5) is 16.6. The van der Waals surface area contributed by atoms with E-state index in [1.165, 1.54) is 12.1 Å². The largest absolute Gasteiger partial charge is 0.337 e. The normalized spacial score (nSPS) is 17.6.